The lowest BCUT2D eigenvalue weighted by atomic mass is 10.1. The largest absolute Gasteiger partial charge is 0.493 e. The summed E-state index contributed by atoms with van der Waals surface area (Å²) in [7, 11) is 1.54. The molecular weight excluding hydrogens is 444 g/mol. The Labute approximate surface area is 196 Å². The summed E-state index contributed by atoms with van der Waals surface area (Å²) >= 11 is 5.96. The van der Waals surface area contributed by atoms with Crippen molar-refractivity contribution in [2.75, 3.05) is 25.3 Å². The fourth-order valence-corrected chi connectivity index (χ4v) is 3.89. The summed E-state index contributed by atoms with van der Waals surface area (Å²) in [5.74, 6) is 1.59. The molecule has 5 rings (SSSR count). The number of anilines is 1. The molecule has 0 radical (unpaired) electrons. The molecule has 0 spiro atoms. The summed E-state index contributed by atoms with van der Waals surface area (Å²) in [6.07, 6.45) is 3.12. The van der Waals surface area contributed by atoms with E-state index in [0.717, 1.165) is 18.4 Å². The number of aliphatic hydroxyl groups excluding tert-OH is 1. The smallest absolute Gasteiger partial charge is 0.266 e. The third-order valence-corrected chi connectivity index (χ3v) is 6.12. The molecule has 0 saturated heterocycles. The third-order valence-electron chi connectivity index (χ3n) is 5.87. The van der Waals surface area contributed by atoms with E-state index < -0.39 is 6.10 Å². The number of aliphatic hydroxyl groups is 1. The predicted molar refractivity (Wildman–Crippen MR) is 124 cm³/mol. The minimum atomic E-state index is -0.478. The molecule has 170 valence electrons. The SMILES string of the molecule is COc1cc(N2COc3cc(-c4ccc(Cl)cc4)ncc3C2=O)ccc1OC[C@H](O)C1CC1. The summed E-state index contributed by atoms with van der Waals surface area (Å²) in [4.78, 5) is 19.1. The maximum Gasteiger partial charge on any atom is 0.266 e. The number of benzene rings is 2. The maximum atomic E-state index is 13.2. The first-order valence-corrected chi connectivity index (χ1v) is 11.1. The number of carbonyl (C=O) groups excluding carboxylic acids is 1. The molecule has 1 aromatic heterocycles. The average Bonchev–Trinajstić information content (AvgIpc) is 3.69. The minimum Gasteiger partial charge on any atom is -0.493 e. The standard InChI is InChI=1S/C25H23ClN2O5/c1-31-24-10-18(8-9-22(24)32-13-21(29)16-2-3-16)28-14-33-23-11-20(27-12-19(23)25(28)30)15-4-6-17(26)7-5-15/h4-12,16,21,29H,2-3,13-14H2,1H3/t21-/m0/s1. The molecule has 7 nitrogen and oxygen atoms in total. The van der Waals surface area contributed by atoms with E-state index in [2.05, 4.69) is 4.98 Å². The molecule has 33 heavy (non-hydrogen) atoms. The van der Waals surface area contributed by atoms with Crippen LogP contribution < -0.4 is 19.1 Å². The lowest BCUT2D eigenvalue weighted by molar-refractivity contribution is 0.0879. The summed E-state index contributed by atoms with van der Waals surface area (Å²) in [6, 6.07) is 14.3. The van der Waals surface area contributed by atoms with Crippen LogP contribution in [0.5, 0.6) is 17.2 Å². The molecule has 1 saturated carbocycles. The highest BCUT2D eigenvalue weighted by Crippen LogP contribution is 2.37. The number of hydrogen-bond acceptors (Lipinski definition) is 6. The van der Waals surface area contributed by atoms with Gasteiger partial charge in [-0.25, -0.2) is 0 Å². The zero-order chi connectivity index (χ0) is 22.9. The van der Waals surface area contributed by atoms with Crippen molar-refractivity contribution in [3.05, 3.63) is 65.3 Å². The van der Waals surface area contributed by atoms with E-state index in [1.54, 1.807) is 36.4 Å². The molecule has 1 aliphatic carbocycles. The van der Waals surface area contributed by atoms with Crippen LogP contribution in [0.2, 0.25) is 5.02 Å². The first-order chi connectivity index (χ1) is 16.0. The molecule has 0 unspecified atom stereocenters. The van der Waals surface area contributed by atoms with Crippen LogP contribution in [0.4, 0.5) is 5.69 Å². The topological polar surface area (TPSA) is 81.1 Å². The number of carbonyl (C=O) groups is 1. The highest BCUT2D eigenvalue weighted by atomic mass is 35.5. The fourth-order valence-electron chi connectivity index (χ4n) is 3.76. The van der Waals surface area contributed by atoms with Gasteiger partial charge in [0, 0.05) is 28.9 Å². The van der Waals surface area contributed by atoms with Gasteiger partial charge in [-0.05, 0) is 43.0 Å². The number of aromatic nitrogens is 1. The minimum absolute atomic E-state index is 0.0552. The Morgan fingerprint density at radius 3 is 2.70 bits per heavy atom. The van der Waals surface area contributed by atoms with Crippen molar-refractivity contribution < 1.29 is 24.1 Å². The number of rotatable bonds is 7. The van der Waals surface area contributed by atoms with Crippen LogP contribution in [0.1, 0.15) is 23.2 Å². The van der Waals surface area contributed by atoms with Gasteiger partial charge in [0.1, 0.15) is 17.9 Å². The van der Waals surface area contributed by atoms with Crippen molar-refractivity contribution in [2.45, 2.75) is 18.9 Å². The molecule has 8 heteroatoms. The van der Waals surface area contributed by atoms with Crippen molar-refractivity contribution in [1.29, 1.82) is 0 Å². The molecule has 2 aromatic carbocycles. The van der Waals surface area contributed by atoms with E-state index in [9.17, 15) is 9.90 Å². The van der Waals surface area contributed by atoms with Gasteiger partial charge in [0.2, 0.25) is 0 Å². The van der Waals surface area contributed by atoms with Gasteiger partial charge in [0.25, 0.3) is 5.91 Å². The van der Waals surface area contributed by atoms with Crippen LogP contribution in [0.3, 0.4) is 0 Å². The van der Waals surface area contributed by atoms with Crippen LogP contribution in [-0.4, -0.2) is 42.5 Å². The van der Waals surface area contributed by atoms with Crippen molar-refractivity contribution in [3.8, 4) is 28.5 Å². The molecule has 1 amide bonds. The Kier molecular flexibility index (Phi) is 5.83. The van der Waals surface area contributed by atoms with Gasteiger partial charge >= 0.3 is 0 Å². The Morgan fingerprint density at radius 1 is 1.18 bits per heavy atom. The number of nitrogens with zero attached hydrogens (tertiary/aromatic N) is 2. The first kappa shape index (κ1) is 21.6. The van der Waals surface area contributed by atoms with E-state index in [-0.39, 0.29) is 19.2 Å². The molecule has 1 N–H and O–H groups in total. The zero-order valence-electron chi connectivity index (χ0n) is 18.0. The number of hydrogen-bond donors (Lipinski definition) is 1. The van der Waals surface area contributed by atoms with Crippen LogP contribution in [0.25, 0.3) is 11.3 Å². The van der Waals surface area contributed by atoms with E-state index in [4.69, 9.17) is 25.8 Å². The molecule has 1 aliphatic heterocycles. The molecule has 2 heterocycles. The predicted octanol–water partition coefficient (Wildman–Crippen LogP) is 4.56. The molecular formula is C25H23ClN2O5. The second kappa shape index (κ2) is 8.92. The normalized spacial score (nSPS) is 16.1. The summed E-state index contributed by atoms with van der Waals surface area (Å²) < 4.78 is 17.1. The monoisotopic (exact) mass is 466 g/mol. The van der Waals surface area contributed by atoms with Gasteiger partial charge in [0.05, 0.1) is 24.6 Å². The average molecular weight is 467 g/mol. The van der Waals surface area contributed by atoms with E-state index in [1.807, 2.05) is 12.1 Å². The molecule has 3 aromatic rings. The zero-order valence-corrected chi connectivity index (χ0v) is 18.8. The number of halogens is 1. The first-order valence-electron chi connectivity index (χ1n) is 10.7. The van der Waals surface area contributed by atoms with Crippen molar-refractivity contribution in [1.82, 2.24) is 4.98 Å². The third kappa shape index (κ3) is 4.47. The lowest BCUT2D eigenvalue weighted by Gasteiger charge is -2.29. The van der Waals surface area contributed by atoms with Crippen LogP contribution >= 0.6 is 11.6 Å². The van der Waals surface area contributed by atoms with Gasteiger partial charge in [-0.2, -0.15) is 0 Å². The maximum absolute atomic E-state index is 13.2. The van der Waals surface area contributed by atoms with E-state index in [0.29, 0.717) is 45.1 Å². The van der Waals surface area contributed by atoms with Crippen molar-refractivity contribution >= 4 is 23.2 Å². The van der Waals surface area contributed by atoms with Crippen LogP contribution in [-0.2, 0) is 0 Å². The summed E-state index contributed by atoms with van der Waals surface area (Å²) in [5.41, 5.74) is 2.57. The highest BCUT2D eigenvalue weighted by molar-refractivity contribution is 6.30. The number of pyridine rings is 1. The van der Waals surface area contributed by atoms with Crippen molar-refractivity contribution in [2.24, 2.45) is 5.92 Å². The highest BCUT2D eigenvalue weighted by Gasteiger charge is 2.31. The van der Waals surface area contributed by atoms with Gasteiger partial charge in [-0.1, -0.05) is 23.7 Å². The van der Waals surface area contributed by atoms with E-state index in [1.165, 1.54) is 18.2 Å². The van der Waals surface area contributed by atoms with Gasteiger partial charge in [-0.3, -0.25) is 14.7 Å². The Hall–Kier alpha value is -3.29. The number of amides is 1. The molecule has 1 fully saturated rings. The Morgan fingerprint density at radius 2 is 1.97 bits per heavy atom. The number of fused-ring (bicyclic) bond motifs is 1. The lowest BCUT2D eigenvalue weighted by Crippen LogP contribution is -2.38. The van der Waals surface area contributed by atoms with Gasteiger partial charge in [0.15, 0.2) is 18.2 Å². The van der Waals surface area contributed by atoms with Crippen molar-refractivity contribution in [3.63, 3.8) is 0 Å². The van der Waals surface area contributed by atoms with Gasteiger partial charge < -0.3 is 19.3 Å². The molecule has 1 atom stereocenters. The molecule has 2 aliphatic rings. The summed E-state index contributed by atoms with van der Waals surface area (Å²) in [5, 5.41) is 10.7. The van der Waals surface area contributed by atoms with Gasteiger partial charge in [-0.15, -0.1) is 0 Å². The van der Waals surface area contributed by atoms with E-state index >= 15 is 0 Å². The van der Waals surface area contributed by atoms with Crippen LogP contribution in [0.15, 0.2) is 54.7 Å². The molecule has 0 bridgehead atoms. The number of ether oxygens (including phenoxy) is 3. The quantitative estimate of drug-likeness (QED) is 0.550. The Balaban J connectivity index is 1.34. The fraction of sp³-hybridized carbons (Fsp3) is 0.280. The van der Waals surface area contributed by atoms with Crippen LogP contribution in [0, 0.1) is 5.92 Å². The second-order valence-corrected chi connectivity index (χ2v) is 8.57. The second-order valence-electron chi connectivity index (χ2n) is 8.13. The summed E-state index contributed by atoms with van der Waals surface area (Å²) in [6.45, 7) is 0.265. The Bertz CT molecular complexity index is 1180. The number of methoxy groups -OCH3 is 1.